The topological polar surface area (TPSA) is 49.3 Å². The van der Waals surface area contributed by atoms with Crippen molar-refractivity contribution in [2.24, 2.45) is 0 Å². The lowest BCUT2D eigenvalue weighted by Gasteiger charge is -2.25. The van der Waals surface area contributed by atoms with Gasteiger partial charge < -0.3 is 10.4 Å². The molecule has 20 heavy (non-hydrogen) atoms. The van der Waals surface area contributed by atoms with Crippen molar-refractivity contribution in [3.05, 3.63) is 40.7 Å². The molecule has 1 aliphatic rings. The first-order chi connectivity index (χ1) is 9.56. The molecule has 0 spiro atoms. The minimum absolute atomic E-state index is 0.0756. The van der Waals surface area contributed by atoms with Crippen LogP contribution in [0.2, 0.25) is 5.02 Å². The van der Waals surface area contributed by atoms with Gasteiger partial charge in [0.1, 0.15) is 5.82 Å². The monoisotopic (exact) mass is 297 g/mol. The summed E-state index contributed by atoms with van der Waals surface area (Å²) in [4.78, 5) is 11.8. The van der Waals surface area contributed by atoms with E-state index in [4.69, 9.17) is 11.6 Å². The van der Waals surface area contributed by atoms with E-state index in [-0.39, 0.29) is 28.6 Å². The molecule has 0 aliphatic heterocycles. The standard InChI is InChI=1S/C15H17ClFNO2/c16-13-2-1-3-14(17)12(13)8-9-15(20)18-10-4-6-11(19)7-5-10/h1-3,8-11,19H,4-7H2,(H,18,20)/b9-8+. The Morgan fingerprint density at radius 2 is 2.05 bits per heavy atom. The maximum absolute atomic E-state index is 13.5. The van der Waals surface area contributed by atoms with E-state index in [0.717, 1.165) is 12.8 Å². The summed E-state index contributed by atoms with van der Waals surface area (Å²) in [6, 6.07) is 4.46. The quantitative estimate of drug-likeness (QED) is 0.843. The van der Waals surface area contributed by atoms with Crippen LogP contribution in [0.5, 0.6) is 0 Å². The maximum atomic E-state index is 13.5. The summed E-state index contributed by atoms with van der Waals surface area (Å²) in [6.07, 6.45) is 5.35. The van der Waals surface area contributed by atoms with Crippen molar-refractivity contribution in [3.8, 4) is 0 Å². The summed E-state index contributed by atoms with van der Waals surface area (Å²) >= 11 is 5.87. The lowest BCUT2D eigenvalue weighted by atomic mass is 9.93. The number of amides is 1. The van der Waals surface area contributed by atoms with Gasteiger partial charge in [0.05, 0.1) is 11.1 Å². The second-order valence-corrected chi connectivity index (χ2v) is 5.39. The number of nitrogens with one attached hydrogen (secondary N) is 1. The Morgan fingerprint density at radius 3 is 2.70 bits per heavy atom. The molecule has 108 valence electrons. The van der Waals surface area contributed by atoms with Gasteiger partial charge in [-0.15, -0.1) is 0 Å². The number of aliphatic hydroxyl groups is 1. The highest BCUT2D eigenvalue weighted by atomic mass is 35.5. The number of aliphatic hydroxyl groups excluding tert-OH is 1. The van der Waals surface area contributed by atoms with Crippen LogP contribution in [0.3, 0.4) is 0 Å². The Balaban J connectivity index is 1.92. The van der Waals surface area contributed by atoms with Gasteiger partial charge in [-0.3, -0.25) is 4.79 Å². The second kappa shape index (κ2) is 6.86. The highest BCUT2D eigenvalue weighted by molar-refractivity contribution is 6.32. The van der Waals surface area contributed by atoms with E-state index in [0.29, 0.717) is 12.8 Å². The van der Waals surface area contributed by atoms with Gasteiger partial charge in [-0.05, 0) is 43.9 Å². The molecule has 0 unspecified atom stereocenters. The Labute approximate surface area is 122 Å². The van der Waals surface area contributed by atoms with Crippen LogP contribution in [-0.2, 0) is 4.79 Å². The zero-order chi connectivity index (χ0) is 14.5. The molecule has 1 aromatic rings. The van der Waals surface area contributed by atoms with Crippen LogP contribution in [0, 0.1) is 5.82 Å². The van der Waals surface area contributed by atoms with E-state index in [9.17, 15) is 14.3 Å². The van der Waals surface area contributed by atoms with E-state index < -0.39 is 5.82 Å². The number of benzene rings is 1. The number of halogens is 2. The Morgan fingerprint density at radius 1 is 1.35 bits per heavy atom. The van der Waals surface area contributed by atoms with Crippen LogP contribution in [0.1, 0.15) is 31.2 Å². The normalized spacial score (nSPS) is 22.9. The third-order valence-electron chi connectivity index (χ3n) is 3.44. The molecule has 0 atom stereocenters. The second-order valence-electron chi connectivity index (χ2n) is 4.98. The Kier molecular flexibility index (Phi) is 5.15. The molecule has 5 heteroatoms. The Hall–Kier alpha value is -1.39. The van der Waals surface area contributed by atoms with E-state index >= 15 is 0 Å². The molecule has 0 bridgehead atoms. The number of carbonyl (C=O) groups excluding carboxylic acids is 1. The smallest absolute Gasteiger partial charge is 0.244 e. The van der Waals surface area contributed by atoms with Gasteiger partial charge >= 0.3 is 0 Å². The number of rotatable bonds is 3. The molecule has 2 N–H and O–H groups in total. The molecular formula is C15H17ClFNO2. The van der Waals surface area contributed by atoms with Gasteiger partial charge in [-0.25, -0.2) is 4.39 Å². The molecule has 1 saturated carbocycles. The third kappa shape index (κ3) is 4.05. The van der Waals surface area contributed by atoms with Gasteiger partial charge in [0, 0.05) is 17.7 Å². The molecule has 0 heterocycles. The van der Waals surface area contributed by atoms with Crippen molar-refractivity contribution >= 4 is 23.6 Å². The van der Waals surface area contributed by atoms with Crippen LogP contribution in [0.4, 0.5) is 4.39 Å². The lowest BCUT2D eigenvalue weighted by Crippen LogP contribution is -2.37. The predicted molar refractivity (Wildman–Crippen MR) is 76.8 cm³/mol. The maximum Gasteiger partial charge on any atom is 0.244 e. The van der Waals surface area contributed by atoms with Crippen molar-refractivity contribution < 1.29 is 14.3 Å². The molecular weight excluding hydrogens is 281 g/mol. The zero-order valence-electron chi connectivity index (χ0n) is 11.0. The van der Waals surface area contributed by atoms with Crippen LogP contribution < -0.4 is 5.32 Å². The SMILES string of the molecule is O=C(/C=C/c1c(F)cccc1Cl)NC1CCC(O)CC1. The van der Waals surface area contributed by atoms with Crippen molar-refractivity contribution in [1.82, 2.24) is 5.32 Å². The van der Waals surface area contributed by atoms with E-state index in [1.165, 1.54) is 24.3 Å². The van der Waals surface area contributed by atoms with Crippen molar-refractivity contribution in [3.63, 3.8) is 0 Å². The van der Waals surface area contributed by atoms with Gasteiger partial charge in [-0.2, -0.15) is 0 Å². The van der Waals surface area contributed by atoms with Crippen molar-refractivity contribution in [2.75, 3.05) is 0 Å². The van der Waals surface area contributed by atoms with E-state index in [1.807, 2.05) is 0 Å². The highest BCUT2D eigenvalue weighted by Crippen LogP contribution is 2.21. The molecule has 2 rings (SSSR count). The first kappa shape index (κ1) is 15.0. The lowest BCUT2D eigenvalue weighted by molar-refractivity contribution is -0.117. The average Bonchev–Trinajstić information content (AvgIpc) is 2.41. The molecule has 1 amide bonds. The first-order valence-electron chi connectivity index (χ1n) is 6.67. The fraction of sp³-hybridized carbons (Fsp3) is 0.400. The van der Waals surface area contributed by atoms with Gasteiger partial charge in [0.25, 0.3) is 0 Å². The summed E-state index contributed by atoms with van der Waals surface area (Å²) in [5.74, 6) is -0.729. The summed E-state index contributed by atoms with van der Waals surface area (Å²) < 4.78 is 13.5. The molecule has 1 aromatic carbocycles. The number of hydrogen-bond donors (Lipinski definition) is 2. The summed E-state index contributed by atoms with van der Waals surface area (Å²) in [7, 11) is 0. The summed E-state index contributed by atoms with van der Waals surface area (Å²) in [5, 5.41) is 12.5. The van der Waals surface area contributed by atoms with Crippen LogP contribution in [0.15, 0.2) is 24.3 Å². The zero-order valence-corrected chi connectivity index (χ0v) is 11.7. The number of carbonyl (C=O) groups is 1. The van der Waals surface area contributed by atoms with Gasteiger partial charge in [0.15, 0.2) is 0 Å². The van der Waals surface area contributed by atoms with Crippen LogP contribution in [-0.4, -0.2) is 23.2 Å². The van der Waals surface area contributed by atoms with Crippen LogP contribution in [0.25, 0.3) is 6.08 Å². The molecule has 1 aliphatic carbocycles. The molecule has 1 fully saturated rings. The minimum Gasteiger partial charge on any atom is -0.393 e. The summed E-state index contributed by atoms with van der Waals surface area (Å²) in [6.45, 7) is 0. The van der Waals surface area contributed by atoms with Crippen molar-refractivity contribution in [2.45, 2.75) is 37.8 Å². The van der Waals surface area contributed by atoms with Crippen LogP contribution >= 0.6 is 11.6 Å². The third-order valence-corrected chi connectivity index (χ3v) is 3.77. The van der Waals surface area contributed by atoms with Gasteiger partial charge in [0.2, 0.25) is 5.91 Å². The van der Waals surface area contributed by atoms with Gasteiger partial charge in [-0.1, -0.05) is 17.7 Å². The van der Waals surface area contributed by atoms with E-state index in [2.05, 4.69) is 5.32 Å². The molecule has 0 saturated heterocycles. The van der Waals surface area contributed by atoms with Crippen molar-refractivity contribution in [1.29, 1.82) is 0 Å². The Bertz CT molecular complexity index is 490. The minimum atomic E-state index is -0.456. The fourth-order valence-corrected chi connectivity index (χ4v) is 2.52. The fourth-order valence-electron chi connectivity index (χ4n) is 2.30. The predicted octanol–water partition coefficient (Wildman–Crippen LogP) is 2.91. The molecule has 3 nitrogen and oxygen atoms in total. The summed E-state index contributed by atoms with van der Waals surface area (Å²) in [5.41, 5.74) is 0.211. The molecule has 0 radical (unpaired) electrons. The number of hydrogen-bond acceptors (Lipinski definition) is 2. The average molecular weight is 298 g/mol. The highest BCUT2D eigenvalue weighted by Gasteiger charge is 2.19. The largest absolute Gasteiger partial charge is 0.393 e. The van der Waals surface area contributed by atoms with E-state index in [1.54, 1.807) is 6.07 Å². The molecule has 0 aromatic heterocycles. The first-order valence-corrected chi connectivity index (χ1v) is 7.04.